The Balaban J connectivity index is 1.61. The van der Waals surface area contributed by atoms with Crippen LogP contribution in [0.3, 0.4) is 0 Å². The maximum atomic E-state index is 12.5. The molecule has 5 nitrogen and oxygen atoms in total. The molecule has 120 valence electrons. The number of hydrogen-bond acceptors (Lipinski definition) is 3. The molecule has 1 amide bonds. The number of hydrogen-bond donors (Lipinski definition) is 0. The van der Waals surface area contributed by atoms with Crippen LogP contribution in [0.4, 0.5) is 0 Å². The Morgan fingerprint density at radius 3 is 2.86 bits per heavy atom. The van der Waals surface area contributed by atoms with Gasteiger partial charge in [0.2, 0.25) is 5.91 Å². The summed E-state index contributed by atoms with van der Waals surface area (Å²) in [6, 6.07) is 5.78. The van der Waals surface area contributed by atoms with Crippen LogP contribution < -0.4 is 5.56 Å². The molecule has 2 aliphatic rings. The van der Waals surface area contributed by atoms with Crippen molar-refractivity contribution in [2.45, 2.75) is 45.2 Å². The van der Waals surface area contributed by atoms with Gasteiger partial charge in [-0.3, -0.25) is 14.5 Å². The fourth-order valence-corrected chi connectivity index (χ4v) is 3.71. The molecule has 1 aromatic rings. The molecule has 1 aromatic heterocycles. The summed E-state index contributed by atoms with van der Waals surface area (Å²) in [7, 11) is 0. The van der Waals surface area contributed by atoms with E-state index in [1.165, 1.54) is 19.4 Å². The largest absolute Gasteiger partial charge is 0.341 e. The van der Waals surface area contributed by atoms with E-state index in [2.05, 4.69) is 4.90 Å². The normalized spacial score (nSPS) is 22.4. The maximum Gasteiger partial charge on any atom is 0.250 e. The van der Waals surface area contributed by atoms with Crippen molar-refractivity contribution in [3.8, 4) is 0 Å². The fraction of sp³-hybridized carbons (Fsp3) is 0.647. The van der Waals surface area contributed by atoms with E-state index in [-0.39, 0.29) is 11.5 Å². The number of aryl methyl sites for hydroxylation is 1. The number of carbonyl (C=O) groups is 1. The van der Waals surface area contributed by atoms with E-state index < -0.39 is 0 Å². The van der Waals surface area contributed by atoms with Crippen LogP contribution in [0.15, 0.2) is 23.0 Å². The predicted octanol–water partition coefficient (Wildman–Crippen LogP) is 1.24. The highest BCUT2D eigenvalue weighted by molar-refractivity contribution is 5.76. The molecule has 2 saturated heterocycles. The number of carbonyl (C=O) groups excluding carboxylic acids is 1. The van der Waals surface area contributed by atoms with Gasteiger partial charge in [0, 0.05) is 50.4 Å². The Labute approximate surface area is 131 Å². The highest BCUT2D eigenvalue weighted by Gasteiger charge is 2.30. The second-order valence-corrected chi connectivity index (χ2v) is 6.43. The first-order valence-corrected chi connectivity index (χ1v) is 8.33. The van der Waals surface area contributed by atoms with Crippen LogP contribution in [0.5, 0.6) is 0 Å². The van der Waals surface area contributed by atoms with Crippen molar-refractivity contribution in [1.29, 1.82) is 0 Å². The molecule has 0 saturated carbocycles. The van der Waals surface area contributed by atoms with Crippen molar-refractivity contribution in [3.63, 3.8) is 0 Å². The summed E-state index contributed by atoms with van der Waals surface area (Å²) in [5.74, 6) is 0.184. The summed E-state index contributed by atoms with van der Waals surface area (Å²) in [6.07, 6.45) is 3.94. The van der Waals surface area contributed by atoms with Crippen LogP contribution >= 0.6 is 0 Å². The van der Waals surface area contributed by atoms with Gasteiger partial charge in [0.1, 0.15) is 0 Å². The van der Waals surface area contributed by atoms with Gasteiger partial charge >= 0.3 is 0 Å². The summed E-state index contributed by atoms with van der Waals surface area (Å²) in [4.78, 5) is 28.9. The maximum absolute atomic E-state index is 12.5. The van der Waals surface area contributed by atoms with Crippen LogP contribution in [-0.4, -0.2) is 52.5 Å². The minimum atomic E-state index is -0.0226. The molecule has 0 N–H and O–H groups in total. The van der Waals surface area contributed by atoms with Crippen LogP contribution in [0, 0.1) is 6.92 Å². The Kier molecular flexibility index (Phi) is 4.62. The van der Waals surface area contributed by atoms with Gasteiger partial charge in [-0.1, -0.05) is 6.07 Å². The van der Waals surface area contributed by atoms with Crippen LogP contribution in [0.1, 0.15) is 31.4 Å². The minimum absolute atomic E-state index is 0.0226. The lowest BCUT2D eigenvalue weighted by Crippen LogP contribution is -2.40. The first-order chi connectivity index (χ1) is 10.6. The molecule has 0 aliphatic carbocycles. The van der Waals surface area contributed by atoms with Crippen molar-refractivity contribution < 1.29 is 4.79 Å². The fourth-order valence-electron chi connectivity index (χ4n) is 3.71. The molecule has 22 heavy (non-hydrogen) atoms. The highest BCUT2D eigenvalue weighted by Crippen LogP contribution is 2.21. The molecule has 0 radical (unpaired) electrons. The zero-order chi connectivity index (χ0) is 15.5. The first kappa shape index (κ1) is 15.3. The molecule has 3 rings (SSSR count). The molecule has 0 spiro atoms. The quantitative estimate of drug-likeness (QED) is 0.844. The van der Waals surface area contributed by atoms with E-state index in [0.717, 1.165) is 31.7 Å². The van der Waals surface area contributed by atoms with E-state index in [9.17, 15) is 9.59 Å². The van der Waals surface area contributed by atoms with Crippen LogP contribution in [-0.2, 0) is 11.3 Å². The molecule has 0 aromatic carbocycles. The SMILES string of the molecule is Cc1cccc(=O)n1CCC(=O)N1CCCN2CCC[C@H]2C1. The number of aromatic nitrogens is 1. The molecule has 5 heteroatoms. The van der Waals surface area contributed by atoms with Crippen LogP contribution in [0.25, 0.3) is 0 Å². The van der Waals surface area contributed by atoms with Gasteiger partial charge in [-0.25, -0.2) is 0 Å². The van der Waals surface area contributed by atoms with Gasteiger partial charge < -0.3 is 9.47 Å². The summed E-state index contributed by atoms with van der Waals surface area (Å²) < 4.78 is 1.69. The Hall–Kier alpha value is -1.62. The molecule has 2 aliphatic heterocycles. The molecule has 0 unspecified atom stereocenters. The topological polar surface area (TPSA) is 45.6 Å². The van der Waals surface area contributed by atoms with E-state index in [1.54, 1.807) is 16.7 Å². The van der Waals surface area contributed by atoms with Crippen molar-refractivity contribution in [2.75, 3.05) is 26.2 Å². The third-order valence-corrected chi connectivity index (χ3v) is 4.97. The zero-order valence-corrected chi connectivity index (χ0v) is 13.3. The van der Waals surface area contributed by atoms with Crippen molar-refractivity contribution in [1.82, 2.24) is 14.4 Å². The standard InChI is InChI=1S/C17H25N3O2/c1-14-5-2-7-17(22)20(14)12-8-16(21)19-11-4-10-18-9-3-6-15(18)13-19/h2,5,7,15H,3-4,6,8-13H2,1H3/t15-/m0/s1. The summed E-state index contributed by atoms with van der Waals surface area (Å²) in [5, 5.41) is 0. The summed E-state index contributed by atoms with van der Waals surface area (Å²) >= 11 is 0. The predicted molar refractivity (Wildman–Crippen MR) is 85.8 cm³/mol. The number of rotatable bonds is 3. The van der Waals surface area contributed by atoms with E-state index in [0.29, 0.717) is 19.0 Å². The van der Waals surface area contributed by atoms with Gasteiger partial charge in [-0.2, -0.15) is 0 Å². The van der Waals surface area contributed by atoms with Crippen molar-refractivity contribution in [3.05, 3.63) is 34.2 Å². The average Bonchev–Trinajstić information content (AvgIpc) is 2.83. The average molecular weight is 303 g/mol. The van der Waals surface area contributed by atoms with Gasteiger partial charge in [-0.15, -0.1) is 0 Å². The second kappa shape index (κ2) is 6.65. The molecule has 1 atom stereocenters. The monoisotopic (exact) mass is 303 g/mol. The lowest BCUT2D eigenvalue weighted by Gasteiger charge is -2.26. The third-order valence-electron chi connectivity index (χ3n) is 4.97. The first-order valence-electron chi connectivity index (χ1n) is 8.33. The lowest BCUT2D eigenvalue weighted by molar-refractivity contribution is -0.131. The van der Waals surface area contributed by atoms with E-state index in [1.807, 2.05) is 17.9 Å². The lowest BCUT2D eigenvalue weighted by atomic mass is 10.2. The van der Waals surface area contributed by atoms with E-state index >= 15 is 0 Å². The molecule has 3 heterocycles. The Morgan fingerprint density at radius 1 is 1.23 bits per heavy atom. The molecular formula is C17H25N3O2. The van der Waals surface area contributed by atoms with Gasteiger partial charge in [0.15, 0.2) is 0 Å². The number of amides is 1. The summed E-state index contributed by atoms with van der Waals surface area (Å²) in [5.41, 5.74) is 0.892. The van der Waals surface area contributed by atoms with E-state index in [4.69, 9.17) is 0 Å². The molecule has 0 bridgehead atoms. The van der Waals surface area contributed by atoms with Gasteiger partial charge in [0.25, 0.3) is 5.56 Å². The Bertz CT molecular complexity index is 596. The van der Waals surface area contributed by atoms with Crippen LogP contribution in [0.2, 0.25) is 0 Å². The number of nitrogens with zero attached hydrogens (tertiary/aromatic N) is 3. The minimum Gasteiger partial charge on any atom is -0.341 e. The van der Waals surface area contributed by atoms with Crippen molar-refractivity contribution in [2.24, 2.45) is 0 Å². The number of pyridine rings is 1. The van der Waals surface area contributed by atoms with Gasteiger partial charge in [0.05, 0.1) is 0 Å². The highest BCUT2D eigenvalue weighted by atomic mass is 16.2. The smallest absolute Gasteiger partial charge is 0.250 e. The van der Waals surface area contributed by atoms with Gasteiger partial charge in [-0.05, 0) is 38.8 Å². The molecule has 2 fully saturated rings. The van der Waals surface area contributed by atoms with Crippen molar-refractivity contribution >= 4 is 5.91 Å². The Morgan fingerprint density at radius 2 is 2.05 bits per heavy atom. The second-order valence-electron chi connectivity index (χ2n) is 6.43. The molecular weight excluding hydrogens is 278 g/mol. The third kappa shape index (κ3) is 3.24. The zero-order valence-electron chi connectivity index (χ0n) is 13.3. The summed E-state index contributed by atoms with van der Waals surface area (Å²) in [6.45, 7) is 6.41. The number of fused-ring (bicyclic) bond motifs is 1.